The summed E-state index contributed by atoms with van der Waals surface area (Å²) in [6, 6.07) is 7.59. The van der Waals surface area contributed by atoms with Gasteiger partial charge >= 0.3 is 5.97 Å². The first-order chi connectivity index (χ1) is 11.9. The number of halogens is 2. The molecule has 4 nitrogen and oxygen atoms in total. The molecule has 1 aromatic carbocycles. The third kappa shape index (κ3) is 5.05. The summed E-state index contributed by atoms with van der Waals surface area (Å²) in [7, 11) is 0. The van der Waals surface area contributed by atoms with Gasteiger partial charge in [-0.3, -0.25) is 0 Å². The second kappa shape index (κ2) is 8.65. The summed E-state index contributed by atoms with van der Waals surface area (Å²) < 4.78 is 23.5. The predicted octanol–water partition coefficient (Wildman–Crippen LogP) is 4.90. The molecule has 7 heteroatoms. The molecule has 0 atom stereocenters. The van der Waals surface area contributed by atoms with Crippen molar-refractivity contribution in [3.8, 4) is 11.8 Å². The molecule has 0 unspecified atom stereocenters. The fraction of sp³-hybridized carbons (Fsp3) is 0.222. The largest absolute Gasteiger partial charge is 0.487 e. The zero-order valence-corrected chi connectivity index (χ0v) is 15.2. The van der Waals surface area contributed by atoms with Crippen molar-refractivity contribution < 1.29 is 18.7 Å². The summed E-state index contributed by atoms with van der Waals surface area (Å²) >= 11 is 7.36. The molecule has 0 amide bonds. The highest BCUT2D eigenvalue weighted by Crippen LogP contribution is 2.28. The number of rotatable bonds is 6. The Morgan fingerprint density at radius 2 is 2.20 bits per heavy atom. The summed E-state index contributed by atoms with van der Waals surface area (Å²) in [5, 5.41) is 9.28. The molecule has 0 N–H and O–H groups in total. The highest BCUT2D eigenvalue weighted by molar-refractivity contribution is 7.13. The van der Waals surface area contributed by atoms with Crippen molar-refractivity contribution in [2.24, 2.45) is 0 Å². The van der Waals surface area contributed by atoms with Crippen LogP contribution in [0.15, 0.2) is 29.8 Å². The maximum absolute atomic E-state index is 13.0. The molecular weight excluding hydrogens is 365 g/mol. The van der Waals surface area contributed by atoms with E-state index in [2.05, 4.69) is 0 Å². The average Bonchev–Trinajstić information content (AvgIpc) is 2.91. The van der Waals surface area contributed by atoms with Crippen LogP contribution in [-0.2, 0) is 16.1 Å². The Morgan fingerprint density at radius 3 is 2.84 bits per heavy atom. The van der Waals surface area contributed by atoms with E-state index in [0.717, 1.165) is 15.3 Å². The van der Waals surface area contributed by atoms with E-state index >= 15 is 0 Å². The van der Waals surface area contributed by atoms with Crippen molar-refractivity contribution in [1.29, 1.82) is 5.26 Å². The van der Waals surface area contributed by atoms with E-state index in [9.17, 15) is 9.18 Å². The standard InChI is InChI=1S/C18H15ClFNO3S/c1-3-23-18(22)12(9-21)6-15-7-13(11(2)25-15)10-24-17-5-4-14(20)8-16(17)19/h4-8H,3,10H2,1-2H3/b12-6+. The fourth-order valence-electron chi connectivity index (χ4n) is 2.00. The molecule has 1 heterocycles. The molecule has 1 aromatic heterocycles. The predicted molar refractivity (Wildman–Crippen MR) is 95.0 cm³/mol. The summed E-state index contributed by atoms with van der Waals surface area (Å²) in [6.07, 6.45) is 1.49. The van der Waals surface area contributed by atoms with Crippen molar-refractivity contribution in [3.63, 3.8) is 0 Å². The maximum Gasteiger partial charge on any atom is 0.348 e. The van der Waals surface area contributed by atoms with Crippen LogP contribution >= 0.6 is 22.9 Å². The third-order valence-corrected chi connectivity index (χ3v) is 4.55. The lowest BCUT2D eigenvalue weighted by Gasteiger charge is -2.07. The van der Waals surface area contributed by atoms with E-state index in [4.69, 9.17) is 26.3 Å². The SMILES string of the molecule is CCOC(=O)/C(C#N)=C/c1cc(COc2ccc(F)cc2Cl)c(C)s1. The summed E-state index contributed by atoms with van der Waals surface area (Å²) in [6.45, 7) is 4.03. The van der Waals surface area contributed by atoms with Gasteiger partial charge in [0, 0.05) is 15.3 Å². The van der Waals surface area contributed by atoms with Crippen molar-refractivity contribution >= 4 is 35.0 Å². The number of carbonyl (C=O) groups excluding carboxylic acids is 1. The van der Waals surface area contributed by atoms with Gasteiger partial charge in [0.2, 0.25) is 0 Å². The minimum absolute atomic E-state index is 0.0582. The maximum atomic E-state index is 13.0. The van der Waals surface area contributed by atoms with E-state index in [-0.39, 0.29) is 23.8 Å². The molecular formula is C18H15ClFNO3S. The Kier molecular flexibility index (Phi) is 6.57. The van der Waals surface area contributed by atoms with E-state index in [0.29, 0.717) is 5.75 Å². The zero-order valence-electron chi connectivity index (χ0n) is 13.6. The molecule has 0 radical (unpaired) electrons. The van der Waals surface area contributed by atoms with Crippen LogP contribution in [0.1, 0.15) is 22.2 Å². The van der Waals surface area contributed by atoms with Gasteiger partial charge in [0.1, 0.15) is 29.8 Å². The number of nitrogens with zero attached hydrogens (tertiary/aromatic N) is 1. The van der Waals surface area contributed by atoms with Crippen LogP contribution < -0.4 is 4.74 Å². The minimum atomic E-state index is -0.646. The second-order valence-electron chi connectivity index (χ2n) is 4.98. The molecule has 0 aliphatic carbocycles. The van der Waals surface area contributed by atoms with Gasteiger partial charge in [-0.25, -0.2) is 9.18 Å². The first-order valence-corrected chi connectivity index (χ1v) is 8.60. The third-order valence-electron chi connectivity index (χ3n) is 3.22. The minimum Gasteiger partial charge on any atom is -0.487 e. The fourth-order valence-corrected chi connectivity index (χ4v) is 3.20. The lowest BCUT2D eigenvalue weighted by molar-refractivity contribution is -0.137. The number of benzene rings is 1. The molecule has 0 saturated heterocycles. The lowest BCUT2D eigenvalue weighted by Crippen LogP contribution is -2.05. The highest BCUT2D eigenvalue weighted by atomic mass is 35.5. The summed E-state index contributed by atoms with van der Waals surface area (Å²) in [4.78, 5) is 13.4. The normalized spacial score (nSPS) is 11.1. The molecule has 0 aliphatic rings. The number of ether oxygens (including phenoxy) is 2. The van der Waals surface area contributed by atoms with E-state index in [1.165, 1.54) is 35.6 Å². The Balaban J connectivity index is 2.14. The topological polar surface area (TPSA) is 59.3 Å². The van der Waals surface area contributed by atoms with Gasteiger partial charge in [-0.1, -0.05) is 11.6 Å². The van der Waals surface area contributed by atoms with Crippen molar-refractivity contribution in [2.45, 2.75) is 20.5 Å². The summed E-state index contributed by atoms with van der Waals surface area (Å²) in [5.41, 5.74) is 0.829. The molecule has 0 fully saturated rings. The first-order valence-electron chi connectivity index (χ1n) is 7.40. The van der Waals surface area contributed by atoms with Gasteiger partial charge in [-0.15, -0.1) is 11.3 Å². The molecule has 0 aliphatic heterocycles. The van der Waals surface area contributed by atoms with Crippen molar-refractivity contribution in [3.05, 3.63) is 56.0 Å². The Morgan fingerprint density at radius 1 is 1.44 bits per heavy atom. The Labute approximate surface area is 154 Å². The van der Waals surface area contributed by atoms with Gasteiger partial charge in [0.05, 0.1) is 11.6 Å². The quantitative estimate of drug-likeness (QED) is 0.407. The lowest BCUT2D eigenvalue weighted by atomic mass is 10.2. The monoisotopic (exact) mass is 379 g/mol. The Bertz CT molecular complexity index is 854. The van der Waals surface area contributed by atoms with Gasteiger partial charge < -0.3 is 9.47 Å². The molecule has 0 saturated carbocycles. The smallest absolute Gasteiger partial charge is 0.348 e. The van der Waals surface area contributed by atoms with Crippen LogP contribution in [0.5, 0.6) is 5.75 Å². The molecule has 2 aromatic rings. The molecule has 25 heavy (non-hydrogen) atoms. The van der Waals surface area contributed by atoms with Crippen molar-refractivity contribution in [2.75, 3.05) is 6.61 Å². The first kappa shape index (κ1) is 19.0. The highest BCUT2D eigenvalue weighted by Gasteiger charge is 2.12. The number of hydrogen-bond acceptors (Lipinski definition) is 5. The van der Waals surface area contributed by atoms with E-state index < -0.39 is 11.8 Å². The van der Waals surface area contributed by atoms with Gasteiger partial charge in [0.25, 0.3) is 0 Å². The second-order valence-corrected chi connectivity index (χ2v) is 6.68. The van der Waals surface area contributed by atoms with E-state index in [1.807, 2.05) is 19.1 Å². The molecule has 130 valence electrons. The average molecular weight is 380 g/mol. The van der Waals surface area contributed by atoms with Crippen LogP contribution in [0.2, 0.25) is 5.02 Å². The van der Waals surface area contributed by atoms with E-state index in [1.54, 1.807) is 6.92 Å². The van der Waals surface area contributed by atoms with Crippen molar-refractivity contribution in [1.82, 2.24) is 0 Å². The number of hydrogen-bond donors (Lipinski definition) is 0. The van der Waals surface area contributed by atoms with Crippen LogP contribution in [0.4, 0.5) is 4.39 Å². The van der Waals surface area contributed by atoms with Crippen LogP contribution in [-0.4, -0.2) is 12.6 Å². The van der Waals surface area contributed by atoms with Crippen LogP contribution in [0.25, 0.3) is 6.08 Å². The summed E-state index contributed by atoms with van der Waals surface area (Å²) in [5.74, 6) is -0.693. The van der Waals surface area contributed by atoms with Gasteiger partial charge in [-0.05, 0) is 44.2 Å². The molecule has 0 bridgehead atoms. The van der Waals surface area contributed by atoms with Crippen LogP contribution in [0.3, 0.4) is 0 Å². The van der Waals surface area contributed by atoms with Gasteiger partial charge in [-0.2, -0.15) is 5.26 Å². The molecule has 2 rings (SSSR count). The zero-order chi connectivity index (χ0) is 18.4. The number of thiophene rings is 1. The Hall–Kier alpha value is -2.36. The number of nitriles is 1. The number of aryl methyl sites for hydroxylation is 1. The number of carbonyl (C=O) groups is 1. The van der Waals surface area contributed by atoms with Crippen LogP contribution in [0, 0.1) is 24.1 Å². The van der Waals surface area contributed by atoms with Gasteiger partial charge in [0.15, 0.2) is 0 Å². The molecule has 0 spiro atoms. The number of esters is 1.